The summed E-state index contributed by atoms with van der Waals surface area (Å²) in [5.41, 5.74) is 6.33. The number of hydrogen-bond acceptors (Lipinski definition) is 3. The van der Waals surface area contributed by atoms with Crippen LogP contribution >= 0.6 is 24.0 Å². The van der Waals surface area contributed by atoms with E-state index in [1.165, 1.54) is 69.1 Å². The predicted molar refractivity (Wildman–Crippen MR) is 103 cm³/mol. The third-order valence-corrected chi connectivity index (χ3v) is 5.04. The first-order valence-electron chi connectivity index (χ1n) is 8.62. The number of aromatic nitrogens is 1. The molecule has 0 aliphatic rings. The first-order chi connectivity index (χ1) is 10.7. The average Bonchev–Trinajstić information content (AvgIpc) is 2.53. The molecule has 0 saturated carbocycles. The summed E-state index contributed by atoms with van der Waals surface area (Å²) in [6.07, 6.45) is 15.6. The second kappa shape index (κ2) is 12.9. The Morgan fingerprint density at radius 3 is 2.23 bits per heavy atom. The van der Waals surface area contributed by atoms with Crippen LogP contribution in [-0.2, 0) is 0 Å². The second-order valence-electron chi connectivity index (χ2n) is 5.77. The third-order valence-electron chi connectivity index (χ3n) is 3.75. The van der Waals surface area contributed by atoms with Crippen molar-refractivity contribution in [1.82, 2.24) is 4.98 Å². The molecular weight excluding hydrogens is 308 g/mol. The second-order valence-corrected chi connectivity index (χ2v) is 7.38. The lowest BCUT2D eigenvalue weighted by atomic mass is 10.1. The van der Waals surface area contributed by atoms with E-state index in [0.29, 0.717) is 4.99 Å². The van der Waals surface area contributed by atoms with Gasteiger partial charge in [0.2, 0.25) is 0 Å². The first kappa shape index (κ1) is 19.4. The summed E-state index contributed by atoms with van der Waals surface area (Å²) in [5.74, 6) is 1.16. The minimum atomic E-state index is 0.376. The number of rotatable bonds is 13. The highest BCUT2D eigenvalue weighted by molar-refractivity contribution is 7.99. The molecule has 1 aromatic rings. The van der Waals surface area contributed by atoms with E-state index in [4.69, 9.17) is 18.0 Å². The molecule has 1 aromatic heterocycles. The lowest BCUT2D eigenvalue weighted by Gasteiger charge is -2.04. The number of nitrogens with zero attached hydrogens (tertiary/aromatic N) is 1. The molecule has 22 heavy (non-hydrogen) atoms. The normalized spacial score (nSPS) is 10.8. The summed E-state index contributed by atoms with van der Waals surface area (Å²) >= 11 is 6.83. The van der Waals surface area contributed by atoms with Crippen molar-refractivity contribution in [2.75, 3.05) is 5.75 Å². The number of hydrogen-bond donors (Lipinski definition) is 1. The highest BCUT2D eigenvalue weighted by atomic mass is 32.2. The summed E-state index contributed by atoms with van der Waals surface area (Å²) in [4.78, 5) is 5.76. The predicted octanol–water partition coefficient (Wildman–Crippen LogP) is 5.73. The molecule has 1 rings (SSSR count). The fourth-order valence-electron chi connectivity index (χ4n) is 2.42. The fraction of sp³-hybridized carbons (Fsp3) is 0.667. The van der Waals surface area contributed by atoms with Crippen molar-refractivity contribution in [2.24, 2.45) is 5.73 Å². The average molecular weight is 339 g/mol. The molecule has 0 unspecified atom stereocenters. The molecule has 0 fully saturated rings. The van der Waals surface area contributed by atoms with E-state index >= 15 is 0 Å². The molecule has 2 N–H and O–H groups in total. The summed E-state index contributed by atoms with van der Waals surface area (Å²) in [5, 5.41) is 0. The number of thioether (sulfide) groups is 1. The van der Waals surface area contributed by atoms with Crippen molar-refractivity contribution in [1.29, 1.82) is 0 Å². The van der Waals surface area contributed by atoms with Crippen LogP contribution in [0.1, 0.15) is 76.8 Å². The van der Waals surface area contributed by atoms with Crippen molar-refractivity contribution in [3.05, 3.63) is 24.0 Å². The van der Waals surface area contributed by atoms with Crippen LogP contribution in [-0.4, -0.2) is 15.7 Å². The Bertz CT molecular complexity index is 421. The molecule has 0 saturated heterocycles. The largest absolute Gasteiger partial charge is 0.388 e. The molecule has 0 spiro atoms. The van der Waals surface area contributed by atoms with Crippen LogP contribution in [0.4, 0.5) is 0 Å². The van der Waals surface area contributed by atoms with Gasteiger partial charge in [0.15, 0.2) is 0 Å². The molecule has 0 bridgehead atoms. The van der Waals surface area contributed by atoms with Gasteiger partial charge in [-0.25, -0.2) is 0 Å². The van der Waals surface area contributed by atoms with Crippen molar-refractivity contribution >= 4 is 29.0 Å². The zero-order valence-electron chi connectivity index (χ0n) is 13.9. The van der Waals surface area contributed by atoms with E-state index in [1.807, 2.05) is 23.9 Å². The molecule has 0 aromatic carbocycles. The van der Waals surface area contributed by atoms with Gasteiger partial charge in [0.1, 0.15) is 4.99 Å². The van der Waals surface area contributed by atoms with Gasteiger partial charge >= 0.3 is 0 Å². The van der Waals surface area contributed by atoms with Crippen molar-refractivity contribution < 1.29 is 0 Å². The van der Waals surface area contributed by atoms with Crippen LogP contribution < -0.4 is 5.73 Å². The van der Waals surface area contributed by atoms with Gasteiger partial charge in [-0.1, -0.05) is 76.9 Å². The van der Waals surface area contributed by atoms with Gasteiger partial charge in [-0.15, -0.1) is 11.8 Å². The van der Waals surface area contributed by atoms with E-state index in [0.717, 1.165) is 11.4 Å². The first-order valence-corrected chi connectivity index (χ1v) is 10.0. The van der Waals surface area contributed by atoms with Crippen LogP contribution in [0.2, 0.25) is 0 Å². The molecule has 0 amide bonds. The van der Waals surface area contributed by atoms with E-state index in [1.54, 1.807) is 6.20 Å². The highest BCUT2D eigenvalue weighted by Gasteiger charge is 2.00. The third kappa shape index (κ3) is 9.42. The van der Waals surface area contributed by atoms with Gasteiger partial charge in [0, 0.05) is 11.1 Å². The van der Waals surface area contributed by atoms with E-state index < -0.39 is 0 Å². The van der Waals surface area contributed by atoms with Crippen molar-refractivity contribution in [3.8, 4) is 0 Å². The lowest BCUT2D eigenvalue weighted by molar-refractivity contribution is 0.563. The van der Waals surface area contributed by atoms with Crippen LogP contribution in [0.3, 0.4) is 0 Å². The van der Waals surface area contributed by atoms with Crippen LogP contribution in [0.15, 0.2) is 23.2 Å². The Morgan fingerprint density at radius 2 is 1.64 bits per heavy atom. The smallest absolute Gasteiger partial charge is 0.122 e. The van der Waals surface area contributed by atoms with E-state index in [-0.39, 0.29) is 0 Å². The highest BCUT2D eigenvalue weighted by Crippen LogP contribution is 2.20. The zero-order valence-corrected chi connectivity index (χ0v) is 15.5. The molecule has 124 valence electrons. The van der Waals surface area contributed by atoms with Gasteiger partial charge in [-0.2, -0.15) is 0 Å². The van der Waals surface area contributed by atoms with Gasteiger partial charge < -0.3 is 5.73 Å². The monoisotopic (exact) mass is 338 g/mol. The Kier molecular flexibility index (Phi) is 11.4. The Morgan fingerprint density at radius 1 is 1.05 bits per heavy atom. The SMILES string of the molecule is CCCCCCCCCCCCSc1ccnc(C(N)=S)c1. The number of nitrogens with two attached hydrogens (primary N) is 1. The molecule has 4 heteroatoms. The maximum atomic E-state index is 5.60. The minimum absolute atomic E-state index is 0.376. The van der Waals surface area contributed by atoms with Crippen LogP contribution in [0.25, 0.3) is 0 Å². The van der Waals surface area contributed by atoms with E-state index in [9.17, 15) is 0 Å². The molecule has 0 radical (unpaired) electrons. The molecule has 1 heterocycles. The summed E-state index contributed by atoms with van der Waals surface area (Å²) in [6.45, 7) is 2.27. The molecule has 0 aliphatic heterocycles. The van der Waals surface area contributed by atoms with Crippen molar-refractivity contribution in [2.45, 2.75) is 76.0 Å². The van der Waals surface area contributed by atoms with E-state index in [2.05, 4.69) is 11.9 Å². The van der Waals surface area contributed by atoms with Crippen molar-refractivity contribution in [3.63, 3.8) is 0 Å². The van der Waals surface area contributed by atoms with Gasteiger partial charge in [0.05, 0.1) is 5.69 Å². The van der Waals surface area contributed by atoms with Gasteiger partial charge in [-0.05, 0) is 24.3 Å². The topological polar surface area (TPSA) is 38.9 Å². The molecule has 2 nitrogen and oxygen atoms in total. The summed E-state index contributed by atoms with van der Waals surface area (Å²) < 4.78 is 0. The number of thiocarbonyl (C=S) groups is 1. The maximum Gasteiger partial charge on any atom is 0.122 e. The standard InChI is InChI=1S/C18H30N2S2/c1-2-3-4-5-6-7-8-9-10-11-14-22-16-12-13-20-17(15-16)18(19)21/h12-13,15H,2-11,14H2,1H3,(H2,19,21). The number of pyridine rings is 1. The summed E-state index contributed by atoms with van der Waals surface area (Å²) in [7, 11) is 0. The zero-order chi connectivity index (χ0) is 16.0. The maximum absolute atomic E-state index is 5.60. The fourth-order valence-corrected chi connectivity index (χ4v) is 3.46. The number of unbranched alkanes of at least 4 members (excludes halogenated alkanes) is 9. The Balaban J connectivity index is 1.97. The molecule has 0 atom stereocenters. The Hall–Kier alpha value is -0.610. The Labute approximate surface area is 145 Å². The lowest BCUT2D eigenvalue weighted by Crippen LogP contribution is -2.11. The quantitative estimate of drug-likeness (QED) is 0.283. The van der Waals surface area contributed by atoms with Crippen LogP contribution in [0, 0.1) is 0 Å². The molecular formula is C18H30N2S2. The molecule has 0 aliphatic carbocycles. The summed E-state index contributed by atoms with van der Waals surface area (Å²) in [6, 6.07) is 4.02. The van der Waals surface area contributed by atoms with Gasteiger partial charge in [-0.3, -0.25) is 4.98 Å². The minimum Gasteiger partial charge on any atom is -0.388 e. The van der Waals surface area contributed by atoms with Crippen LogP contribution in [0.5, 0.6) is 0 Å². The van der Waals surface area contributed by atoms with Gasteiger partial charge in [0.25, 0.3) is 0 Å².